The quantitative estimate of drug-likeness (QED) is 0.355. The molecule has 3 aliphatic rings. The molecule has 0 spiro atoms. The van der Waals surface area contributed by atoms with Gasteiger partial charge >= 0.3 is 190 Å². The first-order valence-corrected chi connectivity index (χ1v) is 21.5. The molecule has 0 bridgehead atoms. The molecule has 1 aliphatic heterocycles. The fourth-order valence-electron chi connectivity index (χ4n) is 7.02. The zero-order valence-electron chi connectivity index (χ0n) is 19.2. The van der Waals surface area contributed by atoms with Gasteiger partial charge in [-0.25, -0.2) is 0 Å². The molecular formula is C28H36SiZr. The van der Waals surface area contributed by atoms with Crippen LogP contribution in [-0.4, -0.2) is 8.07 Å². The summed E-state index contributed by atoms with van der Waals surface area (Å²) < 4.78 is 4.76. The van der Waals surface area contributed by atoms with Crippen molar-refractivity contribution in [2.75, 3.05) is 0 Å². The van der Waals surface area contributed by atoms with E-state index in [0.29, 0.717) is 0 Å². The molecule has 2 unspecified atom stereocenters. The third-order valence-electron chi connectivity index (χ3n) is 8.44. The monoisotopic (exact) mass is 490 g/mol. The Balaban J connectivity index is 1.79. The molecule has 2 aliphatic carbocycles. The van der Waals surface area contributed by atoms with E-state index < -0.39 is 28.3 Å². The summed E-state index contributed by atoms with van der Waals surface area (Å²) in [6.45, 7) is 10.1. The molecule has 0 radical (unpaired) electrons. The topological polar surface area (TPSA) is 0 Å². The molecule has 2 aromatic carbocycles. The molecule has 156 valence electrons. The molecule has 5 rings (SSSR count). The van der Waals surface area contributed by atoms with Crippen LogP contribution in [0.15, 0.2) is 58.9 Å². The first kappa shape index (κ1) is 20.9. The molecule has 1 saturated heterocycles. The van der Waals surface area contributed by atoms with Crippen molar-refractivity contribution in [1.82, 2.24) is 0 Å². The fourth-order valence-corrected chi connectivity index (χ4v) is 35.9. The fraction of sp³-hybridized carbons (Fsp3) is 0.429. The summed E-state index contributed by atoms with van der Waals surface area (Å²) in [5, 5.41) is 3.81. The van der Waals surface area contributed by atoms with E-state index in [0.717, 1.165) is 7.25 Å². The van der Waals surface area contributed by atoms with Crippen molar-refractivity contribution in [3.8, 4) is 0 Å². The number of hydrogen-bond acceptors (Lipinski definition) is 0. The van der Waals surface area contributed by atoms with Crippen LogP contribution in [0.3, 0.4) is 0 Å². The molecule has 1 fully saturated rings. The Morgan fingerprint density at radius 2 is 1.13 bits per heavy atom. The molecule has 0 amide bonds. The summed E-state index contributed by atoms with van der Waals surface area (Å²) in [4.78, 5) is 0. The first-order valence-electron chi connectivity index (χ1n) is 12.2. The Labute approximate surface area is 188 Å². The minimum atomic E-state index is -2.70. The van der Waals surface area contributed by atoms with Crippen molar-refractivity contribution in [2.45, 2.75) is 68.1 Å². The predicted octanol–water partition coefficient (Wildman–Crippen LogP) is 8.65. The number of hydrogen-bond donors (Lipinski definition) is 0. The second kappa shape index (κ2) is 7.86. The van der Waals surface area contributed by atoms with Gasteiger partial charge in [0.15, 0.2) is 0 Å². The first-order chi connectivity index (χ1) is 14.5. The van der Waals surface area contributed by atoms with E-state index in [4.69, 9.17) is 0 Å². The number of benzene rings is 2. The Bertz CT molecular complexity index is 947. The van der Waals surface area contributed by atoms with E-state index in [2.05, 4.69) is 87.6 Å². The summed E-state index contributed by atoms with van der Waals surface area (Å²) in [7, 11) is -1.64. The minimum absolute atomic E-state index is 0.823. The second-order valence-electron chi connectivity index (χ2n) is 10.4. The molecule has 0 N–H and O–H groups in total. The van der Waals surface area contributed by atoms with Crippen LogP contribution in [0.25, 0.3) is 12.2 Å². The molecule has 0 aromatic heterocycles. The Morgan fingerprint density at radius 1 is 0.700 bits per heavy atom. The molecule has 30 heavy (non-hydrogen) atoms. The van der Waals surface area contributed by atoms with Crippen LogP contribution < -0.4 is 0 Å². The number of rotatable bonds is 6. The van der Waals surface area contributed by atoms with Gasteiger partial charge in [-0.15, -0.1) is 0 Å². The maximum atomic E-state index is 2.68. The van der Waals surface area contributed by atoms with Gasteiger partial charge in [-0.1, -0.05) is 0 Å². The summed E-state index contributed by atoms with van der Waals surface area (Å²) in [5.41, 5.74) is 6.56. The van der Waals surface area contributed by atoms with Crippen LogP contribution in [0, 0.1) is 0 Å². The SMILES string of the molecule is CCC[CH2][Zr]1([CH2]CCC)[CH]2C(=Cc3ccccc32)[Si](C)(C)C2=Cc3ccccc3[CH]21. The van der Waals surface area contributed by atoms with Crippen molar-refractivity contribution in [2.24, 2.45) is 0 Å². The van der Waals surface area contributed by atoms with Gasteiger partial charge in [0, 0.05) is 0 Å². The van der Waals surface area contributed by atoms with Crippen molar-refractivity contribution < 1.29 is 20.3 Å². The van der Waals surface area contributed by atoms with Crippen molar-refractivity contribution in [1.29, 1.82) is 0 Å². The molecular weight excluding hydrogens is 456 g/mol. The van der Waals surface area contributed by atoms with E-state index in [9.17, 15) is 0 Å². The van der Waals surface area contributed by atoms with Crippen LogP contribution in [0.5, 0.6) is 0 Å². The summed E-state index contributed by atoms with van der Waals surface area (Å²) in [6.07, 6.45) is 10.9. The zero-order valence-corrected chi connectivity index (χ0v) is 22.6. The summed E-state index contributed by atoms with van der Waals surface area (Å²) in [5.74, 6) is 0. The van der Waals surface area contributed by atoms with Crippen LogP contribution in [0.2, 0.25) is 21.4 Å². The van der Waals surface area contributed by atoms with E-state index in [1.807, 2.05) is 10.4 Å². The summed E-state index contributed by atoms with van der Waals surface area (Å²) >= 11 is -2.70. The van der Waals surface area contributed by atoms with Gasteiger partial charge in [-0.05, 0) is 0 Å². The van der Waals surface area contributed by atoms with Crippen molar-refractivity contribution >= 4 is 20.2 Å². The third kappa shape index (κ3) is 2.93. The normalized spacial score (nSPS) is 24.4. The van der Waals surface area contributed by atoms with Gasteiger partial charge in [0.1, 0.15) is 0 Å². The molecule has 2 atom stereocenters. The van der Waals surface area contributed by atoms with Gasteiger partial charge in [0.25, 0.3) is 0 Å². The average molecular weight is 492 g/mol. The number of unbranched alkanes of at least 4 members (excludes halogenated alkanes) is 2. The van der Waals surface area contributed by atoms with Crippen LogP contribution >= 0.6 is 0 Å². The predicted molar refractivity (Wildman–Crippen MR) is 131 cm³/mol. The molecule has 1 heterocycles. The van der Waals surface area contributed by atoms with Gasteiger partial charge in [-0.3, -0.25) is 0 Å². The van der Waals surface area contributed by atoms with E-state index >= 15 is 0 Å². The van der Waals surface area contributed by atoms with Gasteiger partial charge in [0.05, 0.1) is 0 Å². The second-order valence-corrected chi connectivity index (χ2v) is 26.2. The van der Waals surface area contributed by atoms with Crippen LogP contribution in [-0.2, 0) is 20.3 Å². The number of allylic oxidation sites excluding steroid dienone is 2. The number of fused-ring (bicyclic) bond motifs is 6. The maximum absolute atomic E-state index is 2.70. The molecule has 2 aromatic rings. The van der Waals surface area contributed by atoms with Crippen molar-refractivity contribution in [3.63, 3.8) is 0 Å². The third-order valence-corrected chi connectivity index (χ3v) is 28.6. The van der Waals surface area contributed by atoms with E-state index in [1.165, 1.54) is 25.7 Å². The van der Waals surface area contributed by atoms with Crippen LogP contribution in [0.4, 0.5) is 0 Å². The van der Waals surface area contributed by atoms with Crippen molar-refractivity contribution in [3.05, 3.63) is 81.2 Å². The molecule has 2 heteroatoms. The Kier molecular flexibility index (Phi) is 5.47. The molecule has 0 saturated carbocycles. The van der Waals surface area contributed by atoms with Crippen LogP contribution in [0.1, 0.15) is 69.0 Å². The Hall–Kier alpha value is -0.980. The Morgan fingerprint density at radius 3 is 1.57 bits per heavy atom. The zero-order chi connectivity index (χ0) is 20.9. The molecule has 0 nitrogen and oxygen atoms in total. The van der Waals surface area contributed by atoms with Gasteiger partial charge < -0.3 is 0 Å². The van der Waals surface area contributed by atoms with E-state index in [-0.39, 0.29) is 0 Å². The standard InChI is InChI=1S/C20H18Si.2C4H9.Zr/c1-21(2,19-11-15-7-3-4-8-16(15)12-19)20-13-17-9-5-6-10-18(17)14-20;2*1-3-4-2;/h3-14H,1-2H3;2*1,3-4H2,2H3;. The van der Waals surface area contributed by atoms with E-state index in [1.54, 1.807) is 30.5 Å². The summed E-state index contributed by atoms with van der Waals surface area (Å²) in [6, 6.07) is 19.0. The van der Waals surface area contributed by atoms with Gasteiger partial charge in [-0.2, -0.15) is 0 Å². The average Bonchev–Trinajstić information content (AvgIpc) is 3.35. The van der Waals surface area contributed by atoms with Gasteiger partial charge in [0.2, 0.25) is 0 Å².